The van der Waals surface area contributed by atoms with E-state index in [1.165, 1.54) is 28.1 Å². The Balaban J connectivity index is 1.41. The van der Waals surface area contributed by atoms with Crippen LogP contribution >= 0.6 is 0 Å². The standard InChI is InChI=1S/C22H26FN3O3S/c23-19-9-4-5-11-21(19)30(28,29)26-12-6-10-20(26)22(27)25-15-13-24(14-16-25)17-18-7-2-1-3-8-18/h1-5,7-9,11,20H,6,10,12-17H2. The Morgan fingerprint density at radius 2 is 1.60 bits per heavy atom. The van der Waals surface area contributed by atoms with Gasteiger partial charge in [0.1, 0.15) is 16.8 Å². The van der Waals surface area contributed by atoms with E-state index in [2.05, 4.69) is 17.0 Å². The molecule has 0 N–H and O–H groups in total. The molecular formula is C22H26FN3O3S. The van der Waals surface area contributed by atoms with Crippen LogP contribution < -0.4 is 0 Å². The zero-order valence-corrected chi connectivity index (χ0v) is 17.6. The number of rotatable bonds is 5. The van der Waals surface area contributed by atoms with Crippen molar-refractivity contribution in [3.8, 4) is 0 Å². The summed E-state index contributed by atoms with van der Waals surface area (Å²) in [5, 5.41) is 0. The number of halogens is 1. The molecule has 2 saturated heterocycles. The Bertz CT molecular complexity index is 992. The molecule has 0 spiro atoms. The van der Waals surface area contributed by atoms with E-state index >= 15 is 0 Å². The van der Waals surface area contributed by atoms with Crippen LogP contribution in [0.3, 0.4) is 0 Å². The lowest BCUT2D eigenvalue weighted by molar-refractivity contribution is -0.136. The highest BCUT2D eigenvalue weighted by Gasteiger charge is 2.42. The van der Waals surface area contributed by atoms with Crippen LogP contribution in [-0.2, 0) is 21.4 Å². The second-order valence-corrected chi connectivity index (χ2v) is 9.65. The third kappa shape index (κ3) is 4.26. The number of hydrogen-bond acceptors (Lipinski definition) is 4. The number of nitrogens with zero attached hydrogens (tertiary/aromatic N) is 3. The predicted octanol–water partition coefficient (Wildman–Crippen LogP) is 2.32. The molecule has 2 aliphatic rings. The molecule has 0 aliphatic carbocycles. The van der Waals surface area contributed by atoms with Gasteiger partial charge in [-0.2, -0.15) is 4.31 Å². The summed E-state index contributed by atoms with van der Waals surface area (Å²) >= 11 is 0. The zero-order valence-electron chi connectivity index (χ0n) is 16.8. The monoisotopic (exact) mass is 431 g/mol. The Kier molecular flexibility index (Phi) is 6.17. The van der Waals surface area contributed by atoms with E-state index in [4.69, 9.17) is 0 Å². The largest absolute Gasteiger partial charge is 0.339 e. The lowest BCUT2D eigenvalue weighted by atomic mass is 10.1. The van der Waals surface area contributed by atoms with E-state index in [-0.39, 0.29) is 17.3 Å². The first-order valence-corrected chi connectivity index (χ1v) is 11.7. The third-order valence-electron chi connectivity index (χ3n) is 5.85. The van der Waals surface area contributed by atoms with Gasteiger partial charge in [-0.3, -0.25) is 9.69 Å². The van der Waals surface area contributed by atoms with Crippen molar-refractivity contribution in [2.75, 3.05) is 32.7 Å². The maximum absolute atomic E-state index is 14.1. The molecule has 0 bridgehead atoms. The molecule has 1 unspecified atom stereocenters. The summed E-state index contributed by atoms with van der Waals surface area (Å²) < 4.78 is 41.4. The summed E-state index contributed by atoms with van der Waals surface area (Å²) in [5.74, 6) is -0.961. The van der Waals surface area contributed by atoms with Crippen molar-refractivity contribution in [2.24, 2.45) is 0 Å². The first-order chi connectivity index (χ1) is 14.5. The van der Waals surface area contributed by atoms with Crippen LogP contribution in [0, 0.1) is 5.82 Å². The van der Waals surface area contributed by atoms with Crippen molar-refractivity contribution in [1.82, 2.24) is 14.1 Å². The van der Waals surface area contributed by atoms with Gasteiger partial charge in [-0.25, -0.2) is 12.8 Å². The number of hydrogen-bond donors (Lipinski definition) is 0. The zero-order chi connectivity index (χ0) is 21.1. The average Bonchev–Trinajstić information content (AvgIpc) is 3.26. The quantitative estimate of drug-likeness (QED) is 0.729. The van der Waals surface area contributed by atoms with Crippen molar-refractivity contribution in [3.63, 3.8) is 0 Å². The van der Waals surface area contributed by atoms with Gasteiger partial charge in [0.2, 0.25) is 15.9 Å². The summed E-state index contributed by atoms with van der Waals surface area (Å²) in [6.07, 6.45) is 1.06. The van der Waals surface area contributed by atoms with Gasteiger partial charge in [0.15, 0.2) is 0 Å². The fourth-order valence-corrected chi connectivity index (χ4v) is 5.95. The minimum atomic E-state index is -4.05. The molecule has 0 saturated carbocycles. The normalized spacial score (nSPS) is 21.1. The van der Waals surface area contributed by atoms with Crippen LogP contribution in [0.25, 0.3) is 0 Å². The molecule has 8 heteroatoms. The predicted molar refractivity (Wildman–Crippen MR) is 112 cm³/mol. The maximum Gasteiger partial charge on any atom is 0.246 e. The number of benzene rings is 2. The molecule has 2 heterocycles. The third-order valence-corrected chi connectivity index (χ3v) is 7.79. The number of amides is 1. The number of carbonyl (C=O) groups is 1. The number of sulfonamides is 1. The smallest absolute Gasteiger partial charge is 0.246 e. The van der Waals surface area contributed by atoms with Gasteiger partial charge >= 0.3 is 0 Å². The van der Waals surface area contributed by atoms with Gasteiger partial charge in [-0.1, -0.05) is 42.5 Å². The summed E-state index contributed by atoms with van der Waals surface area (Å²) in [6.45, 7) is 3.69. The summed E-state index contributed by atoms with van der Waals surface area (Å²) in [5.41, 5.74) is 1.23. The Labute approximate surface area is 176 Å². The second-order valence-electron chi connectivity index (χ2n) is 7.79. The summed E-state index contributed by atoms with van der Waals surface area (Å²) in [7, 11) is -4.05. The maximum atomic E-state index is 14.1. The van der Waals surface area contributed by atoms with Crippen molar-refractivity contribution in [2.45, 2.75) is 30.3 Å². The number of piperazine rings is 1. The lowest BCUT2D eigenvalue weighted by Gasteiger charge is -2.37. The van der Waals surface area contributed by atoms with Crippen molar-refractivity contribution in [3.05, 3.63) is 66.0 Å². The highest BCUT2D eigenvalue weighted by atomic mass is 32.2. The highest BCUT2D eigenvalue weighted by molar-refractivity contribution is 7.89. The number of carbonyl (C=O) groups excluding carboxylic acids is 1. The molecule has 2 fully saturated rings. The Morgan fingerprint density at radius 3 is 2.30 bits per heavy atom. The fourth-order valence-electron chi connectivity index (χ4n) is 4.23. The SMILES string of the molecule is O=C(C1CCCN1S(=O)(=O)c1ccccc1F)N1CCN(Cc2ccccc2)CC1. The molecule has 30 heavy (non-hydrogen) atoms. The van der Waals surface area contributed by atoms with Crippen molar-refractivity contribution in [1.29, 1.82) is 0 Å². The minimum Gasteiger partial charge on any atom is -0.339 e. The van der Waals surface area contributed by atoms with Gasteiger partial charge in [-0.05, 0) is 30.5 Å². The highest BCUT2D eigenvalue weighted by Crippen LogP contribution is 2.29. The van der Waals surface area contributed by atoms with Crippen LogP contribution in [0.2, 0.25) is 0 Å². The van der Waals surface area contributed by atoms with Crippen LogP contribution in [0.5, 0.6) is 0 Å². The van der Waals surface area contributed by atoms with Crippen LogP contribution in [0.15, 0.2) is 59.5 Å². The fraction of sp³-hybridized carbons (Fsp3) is 0.409. The van der Waals surface area contributed by atoms with Gasteiger partial charge in [0.25, 0.3) is 0 Å². The molecule has 6 nitrogen and oxygen atoms in total. The van der Waals surface area contributed by atoms with Gasteiger partial charge in [0, 0.05) is 39.3 Å². The average molecular weight is 432 g/mol. The van der Waals surface area contributed by atoms with Crippen LogP contribution in [-0.4, -0.2) is 67.2 Å². The Hall–Kier alpha value is -2.29. The van der Waals surface area contributed by atoms with Gasteiger partial charge < -0.3 is 4.90 Å². The molecule has 1 atom stereocenters. The molecule has 4 rings (SSSR count). The minimum absolute atomic E-state index is 0.174. The van der Waals surface area contributed by atoms with E-state index in [0.29, 0.717) is 25.9 Å². The summed E-state index contributed by atoms with van der Waals surface area (Å²) in [4.78, 5) is 16.8. The molecular weight excluding hydrogens is 405 g/mol. The van der Waals surface area contributed by atoms with E-state index in [1.54, 1.807) is 4.90 Å². The lowest BCUT2D eigenvalue weighted by Crippen LogP contribution is -2.54. The van der Waals surface area contributed by atoms with E-state index in [1.807, 2.05) is 18.2 Å². The molecule has 2 aliphatic heterocycles. The van der Waals surface area contributed by atoms with Crippen LogP contribution in [0.1, 0.15) is 18.4 Å². The first kappa shape index (κ1) is 21.0. The molecule has 2 aromatic carbocycles. The molecule has 1 amide bonds. The van der Waals surface area contributed by atoms with Crippen LogP contribution in [0.4, 0.5) is 4.39 Å². The first-order valence-electron chi connectivity index (χ1n) is 10.3. The van der Waals surface area contributed by atoms with Crippen molar-refractivity contribution < 1.29 is 17.6 Å². The van der Waals surface area contributed by atoms with Gasteiger partial charge in [0.05, 0.1) is 0 Å². The van der Waals surface area contributed by atoms with E-state index < -0.39 is 21.9 Å². The molecule has 2 aromatic rings. The molecule has 0 aromatic heterocycles. The van der Waals surface area contributed by atoms with Gasteiger partial charge in [-0.15, -0.1) is 0 Å². The summed E-state index contributed by atoms with van der Waals surface area (Å²) in [6, 6.07) is 14.8. The molecule has 160 valence electrons. The van der Waals surface area contributed by atoms with E-state index in [0.717, 1.165) is 25.7 Å². The topological polar surface area (TPSA) is 60.9 Å². The Morgan fingerprint density at radius 1 is 0.933 bits per heavy atom. The second kappa shape index (κ2) is 8.83. The van der Waals surface area contributed by atoms with Crippen molar-refractivity contribution >= 4 is 15.9 Å². The molecule has 0 radical (unpaired) electrons. The van der Waals surface area contributed by atoms with E-state index in [9.17, 15) is 17.6 Å².